The number of carboxylic acids is 1. The lowest BCUT2D eigenvalue weighted by atomic mass is 10.1. The number of hydrogen-bond donors (Lipinski definition) is 6. The Labute approximate surface area is 139 Å². The standard InChI is InChI=1S/C14H24N6O4/c15-4-2-1-3-11(14(24)18-7-12(21)22)20-13(23)10(16)5-9-6-17-8-19-9/h6,8,10-11H,1-5,7,15-16H2,(H,17,19)(H,18,24)(H,20,23)(H,21,22). The first-order valence-electron chi connectivity index (χ1n) is 7.66. The molecule has 2 unspecified atom stereocenters. The molecule has 8 N–H and O–H groups in total. The van der Waals surface area contributed by atoms with Crippen molar-refractivity contribution in [1.82, 2.24) is 20.6 Å². The van der Waals surface area contributed by atoms with Crippen LogP contribution in [0.4, 0.5) is 0 Å². The highest BCUT2D eigenvalue weighted by Gasteiger charge is 2.24. The normalized spacial score (nSPS) is 13.1. The molecule has 0 saturated heterocycles. The molecule has 10 nitrogen and oxygen atoms in total. The summed E-state index contributed by atoms with van der Waals surface area (Å²) in [4.78, 5) is 41.4. The quantitative estimate of drug-likeness (QED) is 0.255. The zero-order valence-electron chi connectivity index (χ0n) is 13.3. The van der Waals surface area contributed by atoms with Crippen LogP contribution in [0.15, 0.2) is 12.5 Å². The SMILES string of the molecule is NCCCCC(NC(=O)C(N)Cc1cnc[nH]1)C(=O)NCC(=O)O. The van der Waals surface area contributed by atoms with E-state index in [-0.39, 0.29) is 6.42 Å². The number of unbranched alkanes of at least 4 members (excludes halogenated alkanes) is 1. The van der Waals surface area contributed by atoms with Gasteiger partial charge in [0.25, 0.3) is 0 Å². The Morgan fingerprint density at radius 2 is 2.04 bits per heavy atom. The Kier molecular flexibility index (Phi) is 8.44. The molecule has 0 radical (unpaired) electrons. The highest BCUT2D eigenvalue weighted by molar-refractivity contribution is 5.91. The molecule has 0 aliphatic carbocycles. The summed E-state index contributed by atoms with van der Waals surface area (Å²) < 4.78 is 0. The minimum Gasteiger partial charge on any atom is -0.480 e. The molecule has 134 valence electrons. The number of carbonyl (C=O) groups is 3. The number of hydrogen-bond acceptors (Lipinski definition) is 6. The molecule has 0 fully saturated rings. The second-order valence-corrected chi connectivity index (χ2v) is 5.34. The molecule has 1 rings (SSSR count). The van der Waals surface area contributed by atoms with Crippen LogP contribution in [0.25, 0.3) is 0 Å². The van der Waals surface area contributed by atoms with Crippen LogP contribution >= 0.6 is 0 Å². The van der Waals surface area contributed by atoms with Crippen LogP contribution in [0.2, 0.25) is 0 Å². The molecule has 1 heterocycles. The molecule has 1 aromatic rings. The fraction of sp³-hybridized carbons (Fsp3) is 0.571. The van der Waals surface area contributed by atoms with Crippen molar-refractivity contribution in [1.29, 1.82) is 0 Å². The molecule has 0 saturated carbocycles. The molecule has 0 spiro atoms. The summed E-state index contributed by atoms with van der Waals surface area (Å²) in [5, 5.41) is 13.4. The van der Waals surface area contributed by atoms with E-state index in [1.807, 2.05) is 0 Å². The maximum Gasteiger partial charge on any atom is 0.322 e. The number of H-pyrrole nitrogens is 1. The van der Waals surface area contributed by atoms with Crippen LogP contribution in [0, 0.1) is 0 Å². The van der Waals surface area contributed by atoms with Gasteiger partial charge in [-0.3, -0.25) is 14.4 Å². The first-order chi connectivity index (χ1) is 11.4. The molecule has 2 atom stereocenters. The Bertz CT molecular complexity index is 533. The van der Waals surface area contributed by atoms with Crippen molar-refractivity contribution in [2.45, 2.75) is 37.8 Å². The summed E-state index contributed by atoms with van der Waals surface area (Å²) in [6.45, 7) is -0.0426. The summed E-state index contributed by atoms with van der Waals surface area (Å²) in [5.41, 5.74) is 11.9. The van der Waals surface area contributed by atoms with Gasteiger partial charge in [-0.2, -0.15) is 0 Å². The molecular formula is C14H24N6O4. The van der Waals surface area contributed by atoms with Crippen molar-refractivity contribution in [2.24, 2.45) is 11.5 Å². The minimum absolute atomic E-state index is 0.248. The summed E-state index contributed by atoms with van der Waals surface area (Å²) in [7, 11) is 0. The average molecular weight is 340 g/mol. The predicted octanol–water partition coefficient (Wildman–Crippen LogP) is -1.91. The van der Waals surface area contributed by atoms with E-state index in [0.717, 1.165) is 0 Å². The van der Waals surface area contributed by atoms with Gasteiger partial charge in [0.15, 0.2) is 0 Å². The Balaban J connectivity index is 2.58. The van der Waals surface area contributed by atoms with Crippen LogP contribution in [-0.4, -0.2) is 58.0 Å². The fourth-order valence-electron chi connectivity index (χ4n) is 2.05. The number of carbonyl (C=O) groups excluding carboxylic acids is 2. The molecule has 0 bridgehead atoms. The molecule has 0 aliphatic heterocycles. The Morgan fingerprint density at radius 3 is 2.62 bits per heavy atom. The lowest BCUT2D eigenvalue weighted by Crippen LogP contribution is -2.52. The Morgan fingerprint density at radius 1 is 1.29 bits per heavy atom. The lowest BCUT2D eigenvalue weighted by molar-refractivity contribution is -0.138. The smallest absolute Gasteiger partial charge is 0.322 e. The maximum atomic E-state index is 12.2. The van der Waals surface area contributed by atoms with Crippen molar-refractivity contribution >= 4 is 17.8 Å². The van der Waals surface area contributed by atoms with E-state index in [1.54, 1.807) is 6.20 Å². The molecular weight excluding hydrogens is 316 g/mol. The highest BCUT2D eigenvalue weighted by atomic mass is 16.4. The monoisotopic (exact) mass is 340 g/mol. The van der Waals surface area contributed by atoms with Crippen molar-refractivity contribution in [3.05, 3.63) is 18.2 Å². The molecule has 1 aromatic heterocycles. The number of carboxylic acid groups (broad SMARTS) is 1. The van der Waals surface area contributed by atoms with Gasteiger partial charge in [0.05, 0.1) is 12.4 Å². The summed E-state index contributed by atoms with van der Waals surface area (Å²) in [6.07, 6.45) is 4.96. The Hall–Kier alpha value is -2.46. The van der Waals surface area contributed by atoms with E-state index in [2.05, 4.69) is 20.6 Å². The maximum absolute atomic E-state index is 12.2. The largest absolute Gasteiger partial charge is 0.480 e. The van der Waals surface area contributed by atoms with Gasteiger partial charge >= 0.3 is 5.97 Å². The number of rotatable bonds is 11. The van der Waals surface area contributed by atoms with E-state index >= 15 is 0 Å². The second kappa shape index (κ2) is 10.3. The number of nitrogens with one attached hydrogen (secondary N) is 3. The molecule has 0 aromatic carbocycles. The molecule has 24 heavy (non-hydrogen) atoms. The number of aromatic nitrogens is 2. The van der Waals surface area contributed by atoms with Gasteiger partial charge in [-0.1, -0.05) is 0 Å². The second-order valence-electron chi connectivity index (χ2n) is 5.34. The van der Waals surface area contributed by atoms with Crippen LogP contribution in [0.5, 0.6) is 0 Å². The first-order valence-corrected chi connectivity index (χ1v) is 7.66. The molecule has 0 aliphatic rings. The zero-order valence-corrected chi connectivity index (χ0v) is 13.3. The predicted molar refractivity (Wildman–Crippen MR) is 85.7 cm³/mol. The third-order valence-corrected chi connectivity index (χ3v) is 3.33. The molecule has 10 heteroatoms. The van der Waals surface area contributed by atoms with E-state index in [1.165, 1.54) is 6.33 Å². The number of amides is 2. The van der Waals surface area contributed by atoms with Crippen molar-refractivity contribution in [3.8, 4) is 0 Å². The van der Waals surface area contributed by atoms with Crippen LogP contribution in [-0.2, 0) is 20.8 Å². The van der Waals surface area contributed by atoms with Crippen molar-refractivity contribution in [2.75, 3.05) is 13.1 Å². The topological polar surface area (TPSA) is 176 Å². The van der Waals surface area contributed by atoms with E-state index < -0.39 is 36.4 Å². The summed E-state index contributed by atoms with van der Waals surface area (Å²) in [6, 6.07) is -1.70. The van der Waals surface area contributed by atoms with E-state index in [4.69, 9.17) is 16.6 Å². The highest BCUT2D eigenvalue weighted by Crippen LogP contribution is 2.03. The summed E-state index contributed by atoms with van der Waals surface area (Å²) in [5.74, 6) is -2.21. The van der Waals surface area contributed by atoms with Gasteiger partial charge < -0.3 is 32.2 Å². The lowest BCUT2D eigenvalue weighted by Gasteiger charge is -2.20. The summed E-state index contributed by atoms with van der Waals surface area (Å²) >= 11 is 0. The minimum atomic E-state index is -1.16. The number of nitrogens with two attached hydrogens (primary N) is 2. The van der Waals surface area contributed by atoms with E-state index in [0.29, 0.717) is 31.5 Å². The van der Waals surface area contributed by atoms with Crippen LogP contribution in [0.1, 0.15) is 25.0 Å². The van der Waals surface area contributed by atoms with Crippen LogP contribution in [0.3, 0.4) is 0 Å². The van der Waals surface area contributed by atoms with Crippen molar-refractivity contribution in [3.63, 3.8) is 0 Å². The average Bonchev–Trinajstić information content (AvgIpc) is 3.04. The van der Waals surface area contributed by atoms with Crippen LogP contribution < -0.4 is 22.1 Å². The fourth-order valence-corrected chi connectivity index (χ4v) is 2.05. The van der Waals surface area contributed by atoms with Gasteiger partial charge in [0.2, 0.25) is 11.8 Å². The zero-order chi connectivity index (χ0) is 17.9. The van der Waals surface area contributed by atoms with Gasteiger partial charge in [0.1, 0.15) is 12.6 Å². The van der Waals surface area contributed by atoms with Gasteiger partial charge in [-0.15, -0.1) is 0 Å². The molecule has 2 amide bonds. The van der Waals surface area contributed by atoms with Gasteiger partial charge in [0, 0.05) is 18.3 Å². The van der Waals surface area contributed by atoms with Gasteiger partial charge in [-0.05, 0) is 25.8 Å². The first kappa shape index (κ1) is 19.6. The van der Waals surface area contributed by atoms with Gasteiger partial charge in [-0.25, -0.2) is 4.98 Å². The number of aromatic amines is 1. The number of aliphatic carboxylic acids is 1. The third-order valence-electron chi connectivity index (χ3n) is 3.33. The number of imidazole rings is 1. The third kappa shape index (κ3) is 7.20. The number of nitrogens with zero attached hydrogens (tertiary/aromatic N) is 1. The van der Waals surface area contributed by atoms with E-state index in [9.17, 15) is 14.4 Å². The van der Waals surface area contributed by atoms with Crippen molar-refractivity contribution < 1.29 is 19.5 Å².